The number of aryl methyl sites for hydroxylation is 2. The van der Waals surface area contributed by atoms with Crippen LogP contribution in [0.1, 0.15) is 16.7 Å². The lowest BCUT2D eigenvalue weighted by molar-refractivity contribution is -0.116. The first kappa shape index (κ1) is 20.3. The Kier molecular flexibility index (Phi) is 5.80. The van der Waals surface area contributed by atoms with Crippen LogP contribution in [0.2, 0.25) is 0 Å². The summed E-state index contributed by atoms with van der Waals surface area (Å²) in [4.78, 5) is 29.8. The lowest BCUT2D eigenvalue weighted by atomic mass is 10.1. The molecule has 0 saturated heterocycles. The van der Waals surface area contributed by atoms with Gasteiger partial charge in [-0.15, -0.1) is 0 Å². The Bertz CT molecular complexity index is 1300. The molecule has 156 valence electrons. The minimum absolute atomic E-state index is 0.112. The summed E-state index contributed by atoms with van der Waals surface area (Å²) in [6, 6.07) is 23.3. The third-order valence-electron chi connectivity index (χ3n) is 5.16. The van der Waals surface area contributed by atoms with Crippen molar-refractivity contribution in [2.24, 2.45) is 0 Å². The molecule has 0 atom stereocenters. The number of hydrogen-bond donors (Lipinski definition) is 2. The molecule has 0 bridgehead atoms. The van der Waals surface area contributed by atoms with E-state index in [-0.39, 0.29) is 12.5 Å². The van der Waals surface area contributed by atoms with Crippen molar-refractivity contribution in [1.29, 1.82) is 0 Å². The lowest BCUT2D eigenvalue weighted by Gasteiger charge is -2.14. The number of hydrogen-bond acceptors (Lipinski definition) is 4. The SMILES string of the molecule is Cc1ccc(C)c(NC(=O)Cn2c(=O)nc(NCc3ccccc3)c3ccccc32)c1. The third-order valence-corrected chi connectivity index (χ3v) is 5.16. The van der Waals surface area contributed by atoms with Gasteiger partial charge in [-0.25, -0.2) is 4.79 Å². The molecule has 1 heterocycles. The summed E-state index contributed by atoms with van der Waals surface area (Å²) in [5.41, 5.74) is 4.05. The molecular formula is C25H24N4O2. The van der Waals surface area contributed by atoms with Gasteiger partial charge in [0.25, 0.3) is 0 Å². The molecule has 0 radical (unpaired) electrons. The maximum atomic E-state index is 12.8. The summed E-state index contributed by atoms with van der Waals surface area (Å²) in [7, 11) is 0. The highest BCUT2D eigenvalue weighted by molar-refractivity contribution is 5.94. The van der Waals surface area contributed by atoms with Gasteiger partial charge in [0.1, 0.15) is 12.4 Å². The minimum Gasteiger partial charge on any atom is -0.365 e. The predicted molar refractivity (Wildman–Crippen MR) is 124 cm³/mol. The smallest absolute Gasteiger partial charge is 0.350 e. The first-order valence-corrected chi connectivity index (χ1v) is 10.2. The van der Waals surface area contributed by atoms with E-state index >= 15 is 0 Å². The highest BCUT2D eigenvalue weighted by Gasteiger charge is 2.14. The molecule has 6 heteroatoms. The molecule has 0 aliphatic carbocycles. The molecule has 0 fully saturated rings. The van der Waals surface area contributed by atoms with Crippen LogP contribution in [0.3, 0.4) is 0 Å². The summed E-state index contributed by atoms with van der Waals surface area (Å²) in [6.45, 7) is 4.34. The molecular weight excluding hydrogens is 388 g/mol. The summed E-state index contributed by atoms with van der Waals surface area (Å²) in [5, 5.41) is 6.95. The van der Waals surface area contributed by atoms with E-state index < -0.39 is 5.69 Å². The second-order valence-electron chi connectivity index (χ2n) is 7.55. The van der Waals surface area contributed by atoms with Gasteiger partial charge in [0.05, 0.1) is 5.52 Å². The average molecular weight is 412 g/mol. The molecule has 0 aliphatic rings. The predicted octanol–water partition coefficient (Wildman–Crippen LogP) is 4.26. The number of fused-ring (bicyclic) bond motifs is 1. The van der Waals surface area contributed by atoms with E-state index in [4.69, 9.17) is 0 Å². The van der Waals surface area contributed by atoms with Crippen LogP contribution in [-0.2, 0) is 17.9 Å². The van der Waals surface area contributed by atoms with Gasteiger partial charge in [0.15, 0.2) is 0 Å². The van der Waals surface area contributed by atoms with Crippen molar-refractivity contribution < 1.29 is 4.79 Å². The second-order valence-corrected chi connectivity index (χ2v) is 7.55. The third kappa shape index (κ3) is 4.64. The maximum Gasteiger partial charge on any atom is 0.350 e. The normalized spacial score (nSPS) is 10.8. The van der Waals surface area contributed by atoms with Gasteiger partial charge in [-0.1, -0.05) is 54.6 Å². The van der Waals surface area contributed by atoms with Crippen LogP contribution >= 0.6 is 0 Å². The molecule has 0 spiro atoms. The van der Waals surface area contributed by atoms with Crippen LogP contribution in [0.4, 0.5) is 11.5 Å². The maximum absolute atomic E-state index is 12.8. The molecule has 31 heavy (non-hydrogen) atoms. The van der Waals surface area contributed by atoms with Gasteiger partial charge in [0, 0.05) is 17.6 Å². The Morgan fingerprint density at radius 3 is 2.52 bits per heavy atom. The van der Waals surface area contributed by atoms with Crippen molar-refractivity contribution in [3.63, 3.8) is 0 Å². The number of nitrogens with zero attached hydrogens (tertiary/aromatic N) is 2. The monoisotopic (exact) mass is 412 g/mol. The van der Waals surface area contributed by atoms with Crippen LogP contribution < -0.4 is 16.3 Å². The van der Waals surface area contributed by atoms with Crippen LogP contribution in [0, 0.1) is 13.8 Å². The van der Waals surface area contributed by atoms with Crippen LogP contribution in [0.5, 0.6) is 0 Å². The van der Waals surface area contributed by atoms with Gasteiger partial charge >= 0.3 is 5.69 Å². The molecule has 0 unspecified atom stereocenters. The summed E-state index contributed by atoms with van der Waals surface area (Å²) in [6.07, 6.45) is 0. The molecule has 3 aromatic carbocycles. The Balaban J connectivity index is 1.61. The van der Waals surface area contributed by atoms with Gasteiger partial charge in [0.2, 0.25) is 5.91 Å². The second kappa shape index (κ2) is 8.83. The largest absolute Gasteiger partial charge is 0.365 e. The first-order valence-electron chi connectivity index (χ1n) is 10.2. The lowest BCUT2D eigenvalue weighted by Crippen LogP contribution is -2.30. The van der Waals surface area contributed by atoms with Crippen molar-refractivity contribution in [2.45, 2.75) is 26.9 Å². The van der Waals surface area contributed by atoms with Crippen LogP contribution in [-0.4, -0.2) is 15.5 Å². The molecule has 6 nitrogen and oxygen atoms in total. The van der Waals surface area contributed by atoms with Crippen molar-refractivity contribution in [2.75, 3.05) is 10.6 Å². The van der Waals surface area contributed by atoms with E-state index in [1.54, 1.807) is 0 Å². The summed E-state index contributed by atoms with van der Waals surface area (Å²) >= 11 is 0. The van der Waals surface area contributed by atoms with Gasteiger partial charge in [-0.05, 0) is 48.7 Å². The van der Waals surface area contributed by atoms with Crippen LogP contribution in [0.25, 0.3) is 10.9 Å². The standard InChI is InChI=1S/C25H24N4O2/c1-17-12-13-18(2)21(14-17)27-23(30)16-29-22-11-7-6-10-20(22)24(28-25(29)31)26-15-19-8-4-3-5-9-19/h3-14H,15-16H2,1-2H3,(H,27,30)(H,26,28,31). The highest BCUT2D eigenvalue weighted by Crippen LogP contribution is 2.21. The minimum atomic E-state index is -0.467. The number of rotatable bonds is 6. The number of anilines is 2. The number of aromatic nitrogens is 2. The van der Waals surface area contributed by atoms with E-state index in [1.165, 1.54) is 4.57 Å². The Hall–Kier alpha value is -3.93. The fourth-order valence-electron chi connectivity index (χ4n) is 3.50. The van der Waals surface area contributed by atoms with Gasteiger partial charge < -0.3 is 10.6 Å². The molecule has 1 amide bonds. The van der Waals surface area contributed by atoms with E-state index in [0.717, 1.165) is 27.8 Å². The zero-order chi connectivity index (χ0) is 21.8. The van der Waals surface area contributed by atoms with E-state index in [9.17, 15) is 9.59 Å². The number of amides is 1. The number of para-hydroxylation sites is 1. The fourth-order valence-corrected chi connectivity index (χ4v) is 3.50. The first-order chi connectivity index (χ1) is 15.0. The Labute approximate surface area is 180 Å². The van der Waals surface area contributed by atoms with E-state index in [1.807, 2.05) is 86.6 Å². The zero-order valence-corrected chi connectivity index (χ0v) is 17.6. The molecule has 2 N–H and O–H groups in total. The van der Waals surface area contributed by atoms with E-state index in [2.05, 4.69) is 15.6 Å². The quantitative estimate of drug-likeness (QED) is 0.496. The summed E-state index contributed by atoms with van der Waals surface area (Å²) in [5.74, 6) is 0.239. The molecule has 0 aliphatic heterocycles. The highest BCUT2D eigenvalue weighted by atomic mass is 16.2. The van der Waals surface area contributed by atoms with Crippen molar-refractivity contribution >= 4 is 28.3 Å². The van der Waals surface area contributed by atoms with E-state index in [0.29, 0.717) is 17.9 Å². The molecule has 0 saturated carbocycles. The summed E-state index contributed by atoms with van der Waals surface area (Å²) < 4.78 is 1.41. The Morgan fingerprint density at radius 2 is 1.71 bits per heavy atom. The molecule has 4 rings (SSSR count). The average Bonchev–Trinajstić information content (AvgIpc) is 2.77. The topological polar surface area (TPSA) is 76.0 Å². The van der Waals surface area contributed by atoms with Crippen molar-refractivity contribution in [3.05, 3.63) is 100.0 Å². The van der Waals surface area contributed by atoms with Crippen molar-refractivity contribution in [3.8, 4) is 0 Å². The molecule has 1 aromatic heterocycles. The fraction of sp³-hybridized carbons (Fsp3) is 0.160. The number of carbonyl (C=O) groups excluding carboxylic acids is 1. The van der Waals surface area contributed by atoms with Crippen molar-refractivity contribution in [1.82, 2.24) is 9.55 Å². The van der Waals surface area contributed by atoms with Gasteiger partial charge in [-0.2, -0.15) is 4.98 Å². The van der Waals surface area contributed by atoms with Gasteiger partial charge in [-0.3, -0.25) is 9.36 Å². The number of benzene rings is 3. The zero-order valence-electron chi connectivity index (χ0n) is 17.6. The number of carbonyl (C=O) groups is 1. The molecule has 4 aromatic rings. The number of nitrogens with one attached hydrogen (secondary N) is 2. The Morgan fingerprint density at radius 1 is 0.968 bits per heavy atom. The van der Waals surface area contributed by atoms with Crippen LogP contribution in [0.15, 0.2) is 77.6 Å².